The fraction of sp³-hybridized carbons (Fsp3) is 0.421. The Hall–Kier alpha value is -3.63. The van der Waals surface area contributed by atoms with Crippen molar-refractivity contribution in [1.29, 1.82) is 0 Å². The molecule has 0 aliphatic carbocycles. The van der Waals surface area contributed by atoms with Crippen molar-refractivity contribution in [2.45, 2.75) is 33.1 Å². The Morgan fingerprint density at radius 1 is 1.20 bits per heavy atom. The van der Waals surface area contributed by atoms with E-state index in [4.69, 9.17) is 9.47 Å². The maximum Gasteiger partial charge on any atom is 0.342 e. The van der Waals surface area contributed by atoms with Gasteiger partial charge in [-0.1, -0.05) is 19.8 Å². The van der Waals surface area contributed by atoms with Gasteiger partial charge in [0.05, 0.1) is 26.0 Å². The minimum atomic E-state index is -0.733. The van der Waals surface area contributed by atoms with Gasteiger partial charge in [-0.15, -0.1) is 5.10 Å². The molecule has 0 unspecified atom stereocenters. The van der Waals surface area contributed by atoms with E-state index in [1.165, 1.54) is 6.21 Å². The Kier molecular flexibility index (Phi) is 9.10. The van der Waals surface area contributed by atoms with Crippen LogP contribution in [0, 0.1) is 0 Å². The number of rotatable bonds is 12. The maximum atomic E-state index is 11.8. The van der Waals surface area contributed by atoms with E-state index in [9.17, 15) is 14.4 Å². The third-order valence-electron chi connectivity index (χ3n) is 3.80. The molecular weight excluding hydrogens is 392 g/mol. The average Bonchev–Trinajstić information content (AvgIpc) is 2.72. The van der Waals surface area contributed by atoms with Crippen LogP contribution in [0.3, 0.4) is 0 Å². The Bertz CT molecular complexity index is 968. The minimum Gasteiger partial charge on any atom is -0.490 e. The first-order chi connectivity index (χ1) is 14.5. The SMILES string of the molecule is CCCCCOc1ccc(/C=N/NC(=O)CNc2n[nH]c(=O)[nH]c2=O)cc1OCC. The predicted molar refractivity (Wildman–Crippen MR) is 112 cm³/mol. The van der Waals surface area contributed by atoms with Crippen LogP contribution >= 0.6 is 0 Å². The van der Waals surface area contributed by atoms with E-state index in [-0.39, 0.29) is 12.4 Å². The Balaban J connectivity index is 1.89. The molecule has 11 nitrogen and oxygen atoms in total. The highest BCUT2D eigenvalue weighted by Gasteiger charge is 2.07. The van der Waals surface area contributed by atoms with E-state index < -0.39 is 17.2 Å². The van der Waals surface area contributed by atoms with Crippen molar-refractivity contribution in [2.24, 2.45) is 5.10 Å². The summed E-state index contributed by atoms with van der Waals surface area (Å²) >= 11 is 0. The monoisotopic (exact) mass is 418 g/mol. The summed E-state index contributed by atoms with van der Waals surface area (Å²) in [5, 5.41) is 12.0. The molecule has 0 fully saturated rings. The molecule has 1 heterocycles. The Morgan fingerprint density at radius 3 is 2.77 bits per heavy atom. The zero-order valence-corrected chi connectivity index (χ0v) is 17.0. The molecule has 2 rings (SSSR count). The number of hydrogen-bond donors (Lipinski definition) is 4. The zero-order valence-electron chi connectivity index (χ0n) is 17.0. The first kappa shape index (κ1) is 22.7. The molecular formula is C19H26N6O5. The molecule has 0 spiro atoms. The van der Waals surface area contributed by atoms with Crippen LogP contribution in [0.4, 0.5) is 5.82 Å². The number of aromatic amines is 2. The maximum absolute atomic E-state index is 11.8. The smallest absolute Gasteiger partial charge is 0.342 e. The summed E-state index contributed by atoms with van der Waals surface area (Å²) in [6, 6.07) is 5.38. The Morgan fingerprint density at radius 2 is 2.03 bits per heavy atom. The summed E-state index contributed by atoms with van der Waals surface area (Å²) in [6.07, 6.45) is 4.67. The molecule has 1 aromatic heterocycles. The lowest BCUT2D eigenvalue weighted by Gasteiger charge is -2.12. The van der Waals surface area contributed by atoms with Gasteiger partial charge in [0.15, 0.2) is 11.5 Å². The number of hydrazone groups is 1. The molecule has 2 aromatic rings. The van der Waals surface area contributed by atoms with Crippen LogP contribution in [-0.2, 0) is 4.79 Å². The summed E-state index contributed by atoms with van der Waals surface area (Å²) in [5.41, 5.74) is 1.59. The highest BCUT2D eigenvalue weighted by atomic mass is 16.5. The van der Waals surface area contributed by atoms with Crippen LogP contribution in [-0.4, -0.2) is 47.1 Å². The van der Waals surface area contributed by atoms with Crippen LogP contribution in [0.25, 0.3) is 0 Å². The molecule has 0 bridgehead atoms. The van der Waals surface area contributed by atoms with Crippen molar-refractivity contribution in [3.8, 4) is 11.5 Å². The summed E-state index contributed by atoms with van der Waals surface area (Å²) in [7, 11) is 0. The number of nitrogens with zero attached hydrogens (tertiary/aromatic N) is 2. The Labute approximate surface area is 172 Å². The molecule has 1 amide bonds. The van der Waals surface area contributed by atoms with Crippen LogP contribution in [0.2, 0.25) is 0 Å². The fourth-order valence-corrected chi connectivity index (χ4v) is 2.38. The van der Waals surface area contributed by atoms with E-state index in [0.29, 0.717) is 30.3 Å². The van der Waals surface area contributed by atoms with Crippen molar-refractivity contribution >= 4 is 17.9 Å². The predicted octanol–water partition coefficient (Wildman–Crippen LogP) is 0.988. The number of carbonyl (C=O) groups excluding carboxylic acids is 1. The van der Waals surface area contributed by atoms with Crippen molar-refractivity contribution < 1.29 is 14.3 Å². The van der Waals surface area contributed by atoms with Gasteiger partial charge in [-0.25, -0.2) is 15.3 Å². The van der Waals surface area contributed by atoms with Crippen LogP contribution in [0.1, 0.15) is 38.7 Å². The molecule has 4 N–H and O–H groups in total. The zero-order chi connectivity index (χ0) is 21.8. The number of benzene rings is 1. The number of ether oxygens (including phenoxy) is 2. The highest BCUT2D eigenvalue weighted by molar-refractivity contribution is 5.84. The third kappa shape index (κ3) is 7.41. The summed E-state index contributed by atoms with van der Waals surface area (Å²) < 4.78 is 11.4. The molecule has 1 aromatic carbocycles. The first-order valence-corrected chi connectivity index (χ1v) is 9.68. The van der Waals surface area contributed by atoms with Gasteiger partial charge in [0.2, 0.25) is 5.82 Å². The molecule has 11 heteroatoms. The van der Waals surface area contributed by atoms with Crippen LogP contribution < -0.4 is 31.5 Å². The normalized spacial score (nSPS) is 10.7. The van der Waals surface area contributed by atoms with E-state index in [1.54, 1.807) is 18.2 Å². The van der Waals surface area contributed by atoms with Gasteiger partial charge in [0.1, 0.15) is 0 Å². The van der Waals surface area contributed by atoms with Crippen LogP contribution in [0.5, 0.6) is 11.5 Å². The van der Waals surface area contributed by atoms with Crippen molar-refractivity contribution in [3.63, 3.8) is 0 Å². The molecule has 0 saturated heterocycles. The highest BCUT2D eigenvalue weighted by Crippen LogP contribution is 2.28. The van der Waals surface area contributed by atoms with E-state index in [0.717, 1.165) is 19.3 Å². The second kappa shape index (κ2) is 12.0. The van der Waals surface area contributed by atoms with Gasteiger partial charge in [-0.3, -0.25) is 14.6 Å². The summed E-state index contributed by atoms with van der Waals surface area (Å²) in [6.45, 7) is 4.88. The summed E-state index contributed by atoms with van der Waals surface area (Å²) in [5.74, 6) is 0.593. The molecule has 0 atom stereocenters. The van der Waals surface area contributed by atoms with Gasteiger partial charge < -0.3 is 14.8 Å². The molecule has 30 heavy (non-hydrogen) atoms. The number of amides is 1. The lowest BCUT2D eigenvalue weighted by molar-refractivity contribution is -0.119. The van der Waals surface area contributed by atoms with E-state index >= 15 is 0 Å². The van der Waals surface area contributed by atoms with Gasteiger partial charge >= 0.3 is 5.69 Å². The number of aromatic nitrogens is 3. The van der Waals surface area contributed by atoms with Crippen LogP contribution in [0.15, 0.2) is 32.9 Å². The van der Waals surface area contributed by atoms with Gasteiger partial charge in [0, 0.05) is 0 Å². The number of hydrogen-bond acceptors (Lipinski definition) is 8. The number of H-pyrrole nitrogens is 2. The number of anilines is 1. The third-order valence-corrected chi connectivity index (χ3v) is 3.80. The van der Waals surface area contributed by atoms with E-state index in [1.807, 2.05) is 11.9 Å². The minimum absolute atomic E-state index is 0.176. The lowest BCUT2D eigenvalue weighted by Crippen LogP contribution is -2.31. The quantitative estimate of drug-likeness (QED) is 0.228. The second-order valence-electron chi connectivity index (χ2n) is 6.20. The summed E-state index contributed by atoms with van der Waals surface area (Å²) in [4.78, 5) is 36.2. The van der Waals surface area contributed by atoms with Gasteiger partial charge in [0.25, 0.3) is 11.5 Å². The second-order valence-corrected chi connectivity index (χ2v) is 6.20. The number of unbranched alkanes of at least 4 members (excludes halogenated alkanes) is 2. The van der Waals surface area contributed by atoms with E-state index in [2.05, 4.69) is 33.0 Å². The number of nitrogens with one attached hydrogen (secondary N) is 4. The van der Waals surface area contributed by atoms with Gasteiger partial charge in [-0.2, -0.15) is 5.10 Å². The standard InChI is InChI=1S/C19H26N6O5/c1-3-5-6-9-30-14-8-7-13(10-15(14)29-4-2)11-21-23-16(26)12-20-17-18(27)22-19(28)25-24-17/h7-8,10-11H,3-6,9,12H2,1-2H3,(H,20,24)(H,23,26)(H2,22,25,27,28)/b21-11+. The van der Waals surface area contributed by atoms with Gasteiger partial charge in [-0.05, 0) is 37.1 Å². The lowest BCUT2D eigenvalue weighted by atomic mass is 10.2. The molecule has 0 aliphatic rings. The molecule has 0 radical (unpaired) electrons. The number of carbonyl (C=O) groups is 1. The average molecular weight is 418 g/mol. The fourth-order valence-electron chi connectivity index (χ4n) is 2.38. The van der Waals surface area contributed by atoms with Crippen molar-refractivity contribution in [2.75, 3.05) is 25.1 Å². The van der Waals surface area contributed by atoms with Crippen molar-refractivity contribution in [3.05, 3.63) is 44.6 Å². The molecule has 162 valence electrons. The molecule has 0 aliphatic heterocycles. The topological polar surface area (TPSA) is 151 Å². The molecule has 0 saturated carbocycles. The largest absolute Gasteiger partial charge is 0.490 e. The first-order valence-electron chi connectivity index (χ1n) is 9.68. The van der Waals surface area contributed by atoms with Crippen molar-refractivity contribution in [1.82, 2.24) is 20.6 Å².